The summed E-state index contributed by atoms with van der Waals surface area (Å²) in [5.41, 5.74) is 3.08. The second-order valence-corrected chi connectivity index (χ2v) is 7.29. The highest BCUT2D eigenvalue weighted by atomic mass is 19.4. The Kier molecular flexibility index (Phi) is 5.19. The van der Waals surface area contributed by atoms with Gasteiger partial charge in [-0.3, -0.25) is 14.0 Å². The molecule has 3 aromatic rings. The highest BCUT2D eigenvalue weighted by Gasteiger charge is 2.31. The average Bonchev–Trinajstić information content (AvgIpc) is 3.45. The topological polar surface area (TPSA) is 75.5 Å². The van der Waals surface area contributed by atoms with Crippen LogP contribution >= 0.6 is 0 Å². The summed E-state index contributed by atoms with van der Waals surface area (Å²) in [5.74, 6) is -0.505. The van der Waals surface area contributed by atoms with Crippen molar-refractivity contribution >= 4 is 23.3 Å². The van der Waals surface area contributed by atoms with E-state index < -0.39 is 18.5 Å². The smallest absolute Gasteiger partial charge is 0.352 e. The van der Waals surface area contributed by atoms with Crippen molar-refractivity contribution in [1.82, 2.24) is 14.7 Å². The minimum absolute atomic E-state index is 0.0157. The van der Waals surface area contributed by atoms with Gasteiger partial charge in [-0.15, -0.1) is 0 Å². The van der Waals surface area contributed by atoms with Gasteiger partial charge in [0.15, 0.2) is 5.82 Å². The van der Waals surface area contributed by atoms with Gasteiger partial charge in [0, 0.05) is 12.5 Å². The van der Waals surface area contributed by atoms with Crippen molar-refractivity contribution in [1.29, 1.82) is 0 Å². The lowest BCUT2D eigenvalue weighted by Gasteiger charge is -2.09. The maximum Gasteiger partial charge on any atom is 0.397 e. The summed E-state index contributed by atoms with van der Waals surface area (Å²) in [6.45, 7) is 0.0157. The number of carbonyl (C=O) groups excluding carboxylic acids is 2. The van der Waals surface area contributed by atoms with Crippen molar-refractivity contribution in [3.63, 3.8) is 0 Å². The molecule has 30 heavy (non-hydrogen) atoms. The largest absolute Gasteiger partial charge is 0.397 e. The molecule has 0 radical (unpaired) electrons. The Morgan fingerprint density at radius 3 is 2.50 bits per heavy atom. The molecule has 9 heteroatoms. The summed E-state index contributed by atoms with van der Waals surface area (Å²) in [4.78, 5) is 27.7. The van der Waals surface area contributed by atoms with Crippen LogP contribution in [0, 0.1) is 5.92 Å². The van der Waals surface area contributed by atoms with Crippen LogP contribution < -0.4 is 10.6 Å². The number of hydrogen-bond donors (Lipinski definition) is 2. The van der Waals surface area contributed by atoms with Gasteiger partial charge in [-0.05, 0) is 36.1 Å². The molecule has 0 saturated heterocycles. The number of amides is 2. The Labute approximate surface area is 170 Å². The SMILES string of the molecule is O=C(CC(F)(F)F)NCc1ccc(-c2cccc3nc(NC(=O)C4CC4)cn23)cc1. The molecule has 1 aliphatic carbocycles. The van der Waals surface area contributed by atoms with E-state index in [4.69, 9.17) is 0 Å². The Bertz CT molecular complexity index is 1090. The van der Waals surface area contributed by atoms with E-state index in [1.54, 1.807) is 18.3 Å². The molecule has 0 spiro atoms. The predicted octanol–water partition coefficient (Wildman–Crippen LogP) is 3.92. The normalized spacial score (nSPS) is 14.0. The zero-order chi connectivity index (χ0) is 21.3. The number of nitrogens with zero attached hydrogens (tertiary/aromatic N) is 2. The lowest BCUT2D eigenvalue weighted by atomic mass is 10.1. The highest BCUT2D eigenvalue weighted by Crippen LogP contribution is 2.30. The number of pyridine rings is 1. The van der Waals surface area contributed by atoms with Gasteiger partial charge < -0.3 is 10.6 Å². The quantitative estimate of drug-likeness (QED) is 0.640. The van der Waals surface area contributed by atoms with Crippen molar-refractivity contribution in [2.45, 2.75) is 32.0 Å². The van der Waals surface area contributed by atoms with Gasteiger partial charge in [-0.2, -0.15) is 13.2 Å². The first kappa shape index (κ1) is 19.9. The van der Waals surface area contributed by atoms with E-state index in [0.717, 1.165) is 24.1 Å². The molecular weight excluding hydrogens is 397 g/mol. The lowest BCUT2D eigenvalue weighted by molar-refractivity contribution is -0.153. The number of benzene rings is 1. The molecule has 2 heterocycles. The second kappa shape index (κ2) is 7.81. The van der Waals surface area contributed by atoms with Gasteiger partial charge in [-0.1, -0.05) is 30.3 Å². The number of alkyl halides is 3. The number of nitrogens with one attached hydrogen (secondary N) is 2. The van der Waals surface area contributed by atoms with E-state index in [-0.39, 0.29) is 18.4 Å². The maximum atomic E-state index is 12.2. The number of hydrogen-bond acceptors (Lipinski definition) is 3. The predicted molar refractivity (Wildman–Crippen MR) is 105 cm³/mol. The van der Waals surface area contributed by atoms with Gasteiger partial charge >= 0.3 is 6.18 Å². The summed E-state index contributed by atoms with van der Waals surface area (Å²) in [6.07, 6.45) is -2.43. The van der Waals surface area contributed by atoms with Crippen molar-refractivity contribution in [3.8, 4) is 11.3 Å². The molecule has 0 bridgehead atoms. The summed E-state index contributed by atoms with van der Waals surface area (Å²) in [6, 6.07) is 12.7. The summed E-state index contributed by atoms with van der Waals surface area (Å²) in [7, 11) is 0. The minimum atomic E-state index is -4.52. The Balaban J connectivity index is 1.47. The zero-order valence-electron chi connectivity index (χ0n) is 15.9. The standard InChI is InChI=1S/C21H19F3N4O2/c22-21(23,24)10-19(29)25-11-13-4-6-14(7-5-13)16-2-1-3-18-26-17(12-28(16)18)27-20(30)15-8-9-15/h1-7,12,15H,8-11H2,(H,25,29)(H,27,30). The van der Waals surface area contributed by atoms with Gasteiger partial charge in [0.1, 0.15) is 12.1 Å². The second-order valence-electron chi connectivity index (χ2n) is 7.29. The molecule has 1 aliphatic rings. The van der Waals surface area contributed by atoms with Crippen LogP contribution in [0.25, 0.3) is 16.9 Å². The van der Waals surface area contributed by atoms with Crippen LogP contribution in [0.15, 0.2) is 48.7 Å². The van der Waals surface area contributed by atoms with Crippen molar-refractivity contribution in [3.05, 3.63) is 54.2 Å². The Morgan fingerprint density at radius 2 is 1.83 bits per heavy atom. The van der Waals surface area contributed by atoms with E-state index in [1.165, 1.54) is 0 Å². The molecule has 2 amide bonds. The fraction of sp³-hybridized carbons (Fsp3) is 0.286. The summed E-state index contributed by atoms with van der Waals surface area (Å²) < 4.78 is 38.5. The molecule has 0 aliphatic heterocycles. The number of anilines is 1. The van der Waals surface area contributed by atoms with Gasteiger partial charge in [0.2, 0.25) is 11.8 Å². The first-order valence-corrected chi connectivity index (χ1v) is 9.50. The highest BCUT2D eigenvalue weighted by molar-refractivity contribution is 5.93. The molecule has 156 valence electrons. The van der Waals surface area contributed by atoms with Crippen LogP contribution in [0.3, 0.4) is 0 Å². The molecular formula is C21H19F3N4O2. The number of carbonyl (C=O) groups is 2. The minimum Gasteiger partial charge on any atom is -0.352 e. The van der Waals surface area contributed by atoms with Crippen LogP contribution in [-0.2, 0) is 16.1 Å². The van der Waals surface area contributed by atoms with Crippen LogP contribution in [-0.4, -0.2) is 27.4 Å². The number of imidazole rings is 1. The molecule has 6 nitrogen and oxygen atoms in total. The number of fused-ring (bicyclic) bond motifs is 1. The van der Waals surface area contributed by atoms with Crippen molar-refractivity contribution < 1.29 is 22.8 Å². The molecule has 0 atom stereocenters. The number of aromatic nitrogens is 2. The van der Waals surface area contributed by atoms with E-state index in [1.807, 2.05) is 34.7 Å². The van der Waals surface area contributed by atoms with Crippen LogP contribution in [0.5, 0.6) is 0 Å². The molecule has 1 fully saturated rings. The maximum absolute atomic E-state index is 12.2. The van der Waals surface area contributed by atoms with Crippen molar-refractivity contribution in [2.24, 2.45) is 5.92 Å². The van der Waals surface area contributed by atoms with E-state index in [2.05, 4.69) is 15.6 Å². The average molecular weight is 416 g/mol. The van der Waals surface area contributed by atoms with Gasteiger partial charge in [0.25, 0.3) is 0 Å². The Hall–Kier alpha value is -3.36. The lowest BCUT2D eigenvalue weighted by Crippen LogP contribution is -2.28. The van der Waals surface area contributed by atoms with Crippen LogP contribution in [0.4, 0.5) is 19.0 Å². The van der Waals surface area contributed by atoms with E-state index >= 15 is 0 Å². The van der Waals surface area contributed by atoms with E-state index in [9.17, 15) is 22.8 Å². The van der Waals surface area contributed by atoms with Gasteiger partial charge in [-0.25, -0.2) is 4.98 Å². The monoisotopic (exact) mass is 416 g/mol. The summed E-state index contributed by atoms with van der Waals surface area (Å²) in [5, 5.41) is 5.10. The third-order valence-electron chi connectivity index (χ3n) is 4.79. The fourth-order valence-corrected chi connectivity index (χ4v) is 3.12. The summed E-state index contributed by atoms with van der Waals surface area (Å²) >= 11 is 0. The number of halogens is 3. The van der Waals surface area contributed by atoms with E-state index in [0.29, 0.717) is 17.0 Å². The first-order valence-electron chi connectivity index (χ1n) is 9.50. The molecule has 2 aromatic heterocycles. The number of rotatable bonds is 6. The third-order valence-corrected chi connectivity index (χ3v) is 4.79. The van der Waals surface area contributed by atoms with Crippen LogP contribution in [0.1, 0.15) is 24.8 Å². The van der Waals surface area contributed by atoms with Crippen LogP contribution in [0.2, 0.25) is 0 Å². The fourth-order valence-electron chi connectivity index (χ4n) is 3.12. The Morgan fingerprint density at radius 1 is 1.10 bits per heavy atom. The zero-order valence-corrected chi connectivity index (χ0v) is 15.9. The first-order chi connectivity index (χ1) is 14.3. The molecule has 1 aromatic carbocycles. The van der Waals surface area contributed by atoms with Gasteiger partial charge in [0.05, 0.1) is 11.9 Å². The third kappa shape index (κ3) is 4.79. The van der Waals surface area contributed by atoms with Crippen molar-refractivity contribution in [2.75, 3.05) is 5.32 Å². The molecule has 0 unspecified atom stereocenters. The molecule has 2 N–H and O–H groups in total. The molecule has 1 saturated carbocycles. The molecule has 4 rings (SSSR count).